The van der Waals surface area contributed by atoms with E-state index in [2.05, 4.69) is 34.1 Å². The minimum absolute atomic E-state index is 0.101. The first kappa shape index (κ1) is 18.7. The van der Waals surface area contributed by atoms with E-state index >= 15 is 0 Å². The Bertz CT molecular complexity index is 712. The van der Waals surface area contributed by atoms with Gasteiger partial charge in [-0.25, -0.2) is 0 Å². The second-order valence-corrected chi connectivity index (χ2v) is 7.29. The lowest BCUT2D eigenvalue weighted by Gasteiger charge is -2.39. The Balaban J connectivity index is 1.53. The zero-order valence-corrected chi connectivity index (χ0v) is 16.2. The second kappa shape index (κ2) is 8.56. The minimum atomic E-state index is -0.101. The van der Waals surface area contributed by atoms with Crippen molar-refractivity contribution in [1.29, 1.82) is 0 Å². The summed E-state index contributed by atoms with van der Waals surface area (Å²) < 4.78 is 0. The van der Waals surface area contributed by atoms with Crippen LogP contribution in [0.5, 0.6) is 0 Å². The highest BCUT2D eigenvalue weighted by Crippen LogP contribution is 2.20. The lowest BCUT2D eigenvalue weighted by atomic mass is 10.1. The summed E-state index contributed by atoms with van der Waals surface area (Å²) in [5, 5.41) is 0.757. The van der Waals surface area contributed by atoms with Gasteiger partial charge in [-0.3, -0.25) is 9.69 Å². The Morgan fingerprint density at radius 3 is 2.27 bits per heavy atom. The molecule has 0 aliphatic carbocycles. The Hall–Kier alpha value is -2.04. The molecule has 0 unspecified atom stereocenters. The highest BCUT2D eigenvalue weighted by molar-refractivity contribution is 6.30. The van der Waals surface area contributed by atoms with Crippen molar-refractivity contribution in [3.05, 3.63) is 65.2 Å². The minimum Gasteiger partial charge on any atom is -0.369 e. The zero-order chi connectivity index (χ0) is 18.5. The number of hydrogen-bond acceptors (Lipinski definition) is 3. The molecule has 1 atom stereocenters. The molecule has 3 rings (SSSR count). The fourth-order valence-corrected chi connectivity index (χ4v) is 3.56. The number of carbonyl (C=O) groups excluding carboxylic acids is 1. The van der Waals surface area contributed by atoms with Gasteiger partial charge >= 0.3 is 0 Å². The van der Waals surface area contributed by atoms with Crippen LogP contribution < -0.4 is 4.90 Å². The van der Waals surface area contributed by atoms with Crippen LogP contribution >= 0.6 is 11.6 Å². The van der Waals surface area contributed by atoms with Crippen molar-refractivity contribution < 1.29 is 4.79 Å². The molecule has 2 aromatic rings. The highest BCUT2D eigenvalue weighted by atomic mass is 35.5. The molecule has 1 saturated heterocycles. The number of carbonyl (C=O) groups is 1. The van der Waals surface area contributed by atoms with Crippen LogP contribution in [0.2, 0.25) is 5.02 Å². The van der Waals surface area contributed by atoms with Crippen LogP contribution in [0.3, 0.4) is 0 Å². The van der Waals surface area contributed by atoms with E-state index in [0.29, 0.717) is 6.54 Å². The van der Waals surface area contributed by atoms with Crippen LogP contribution in [0.1, 0.15) is 12.5 Å². The summed E-state index contributed by atoms with van der Waals surface area (Å²) in [7, 11) is 1.88. The molecule has 26 heavy (non-hydrogen) atoms. The molecule has 4 nitrogen and oxygen atoms in total. The third kappa shape index (κ3) is 4.57. The largest absolute Gasteiger partial charge is 0.369 e. The standard InChI is InChI=1S/C21H26ClN3O/c1-17(21(26)23(2)16-18-6-4-3-5-7-18)24-12-14-25(15-13-24)20-10-8-19(22)9-11-20/h3-11,17H,12-16H2,1-2H3/t17-/m1/s1. The van der Waals surface area contributed by atoms with Crippen molar-refractivity contribution in [2.24, 2.45) is 0 Å². The van der Waals surface area contributed by atoms with Gasteiger partial charge in [-0.1, -0.05) is 41.9 Å². The van der Waals surface area contributed by atoms with Gasteiger partial charge in [-0.2, -0.15) is 0 Å². The summed E-state index contributed by atoms with van der Waals surface area (Å²) >= 11 is 5.97. The number of benzene rings is 2. The number of nitrogens with zero attached hydrogens (tertiary/aromatic N) is 3. The number of anilines is 1. The van der Waals surface area contributed by atoms with Gasteiger partial charge in [0.05, 0.1) is 6.04 Å². The Morgan fingerprint density at radius 2 is 1.65 bits per heavy atom. The van der Waals surface area contributed by atoms with Gasteiger partial charge in [0.1, 0.15) is 0 Å². The van der Waals surface area contributed by atoms with Crippen molar-refractivity contribution in [2.45, 2.75) is 19.5 Å². The maximum atomic E-state index is 12.8. The Morgan fingerprint density at radius 1 is 1.04 bits per heavy atom. The topological polar surface area (TPSA) is 26.8 Å². The van der Waals surface area contributed by atoms with Gasteiger partial charge in [0.2, 0.25) is 5.91 Å². The molecule has 5 heteroatoms. The molecule has 0 saturated carbocycles. The van der Waals surface area contributed by atoms with Crippen molar-refractivity contribution in [3.8, 4) is 0 Å². The normalized spacial score (nSPS) is 16.3. The molecule has 0 bridgehead atoms. The molecule has 1 heterocycles. The number of likely N-dealkylation sites (N-methyl/N-ethyl adjacent to an activating group) is 1. The predicted molar refractivity (Wildman–Crippen MR) is 108 cm³/mol. The van der Waals surface area contributed by atoms with Gasteiger partial charge in [0, 0.05) is 50.5 Å². The zero-order valence-electron chi connectivity index (χ0n) is 15.4. The first-order chi connectivity index (χ1) is 12.5. The molecule has 2 aromatic carbocycles. The molecule has 0 radical (unpaired) electrons. The van der Waals surface area contributed by atoms with E-state index in [1.54, 1.807) is 0 Å². The molecule has 1 amide bonds. The van der Waals surface area contributed by atoms with Crippen LogP contribution in [0, 0.1) is 0 Å². The van der Waals surface area contributed by atoms with Crippen molar-refractivity contribution in [3.63, 3.8) is 0 Å². The van der Waals surface area contributed by atoms with E-state index in [0.717, 1.165) is 36.8 Å². The quantitative estimate of drug-likeness (QED) is 0.804. The molecular weight excluding hydrogens is 346 g/mol. The third-order valence-corrected chi connectivity index (χ3v) is 5.30. The summed E-state index contributed by atoms with van der Waals surface area (Å²) in [4.78, 5) is 19.2. The smallest absolute Gasteiger partial charge is 0.239 e. The molecular formula is C21H26ClN3O. The van der Waals surface area contributed by atoms with Gasteiger partial charge in [-0.15, -0.1) is 0 Å². The van der Waals surface area contributed by atoms with E-state index in [9.17, 15) is 4.79 Å². The fraction of sp³-hybridized carbons (Fsp3) is 0.381. The lowest BCUT2D eigenvalue weighted by Crippen LogP contribution is -2.54. The number of amides is 1. The molecule has 1 fully saturated rings. The van der Waals surface area contributed by atoms with Crippen LogP contribution in [-0.4, -0.2) is 55.0 Å². The van der Waals surface area contributed by atoms with Crippen LogP contribution in [0.25, 0.3) is 0 Å². The second-order valence-electron chi connectivity index (χ2n) is 6.86. The Labute approximate surface area is 161 Å². The van der Waals surface area contributed by atoms with Crippen LogP contribution in [0.4, 0.5) is 5.69 Å². The van der Waals surface area contributed by atoms with Gasteiger partial charge < -0.3 is 9.80 Å². The van der Waals surface area contributed by atoms with Crippen LogP contribution in [0.15, 0.2) is 54.6 Å². The van der Waals surface area contributed by atoms with E-state index in [4.69, 9.17) is 11.6 Å². The highest BCUT2D eigenvalue weighted by Gasteiger charge is 2.27. The lowest BCUT2D eigenvalue weighted by molar-refractivity contribution is -0.135. The fourth-order valence-electron chi connectivity index (χ4n) is 3.43. The van der Waals surface area contributed by atoms with E-state index in [1.165, 1.54) is 5.69 Å². The predicted octanol–water partition coefficient (Wildman–Crippen LogP) is 3.51. The van der Waals surface area contributed by atoms with Gasteiger partial charge in [-0.05, 0) is 36.8 Å². The molecule has 1 aliphatic rings. The Kier molecular flexibility index (Phi) is 6.17. The van der Waals surface area contributed by atoms with Crippen molar-refractivity contribution in [2.75, 3.05) is 38.1 Å². The summed E-state index contributed by atoms with van der Waals surface area (Å²) in [5.74, 6) is 0.175. The molecule has 1 aliphatic heterocycles. The first-order valence-electron chi connectivity index (χ1n) is 9.08. The SMILES string of the molecule is C[C@H](C(=O)N(C)Cc1ccccc1)N1CCN(c2ccc(Cl)cc2)CC1. The molecule has 138 valence electrons. The number of hydrogen-bond donors (Lipinski definition) is 0. The monoisotopic (exact) mass is 371 g/mol. The van der Waals surface area contributed by atoms with Crippen LogP contribution in [-0.2, 0) is 11.3 Å². The molecule has 0 N–H and O–H groups in total. The maximum Gasteiger partial charge on any atom is 0.239 e. The average Bonchev–Trinajstić information content (AvgIpc) is 2.68. The maximum absolute atomic E-state index is 12.8. The van der Waals surface area contributed by atoms with E-state index < -0.39 is 0 Å². The summed E-state index contributed by atoms with van der Waals surface area (Å²) in [6.45, 7) is 6.27. The van der Waals surface area contributed by atoms with E-state index in [-0.39, 0.29) is 11.9 Å². The first-order valence-corrected chi connectivity index (χ1v) is 9.46. The van der Waals surface area contributed by atoms with Gasteiger partial charge in [0.25, 0.3) is 0 Å². The molecule has 0 spiro atoms. The van der Waals surface area contributed by atoms with Crippen molar-refractivity contribution >= 4 is 23.2 Å². The van der Waals surface area contributed by atoms with E-state index in [1.807, 2.05) is 49.2 Å². The number of halogens is 1. The third-order valence-electron chi connectivity index (χ3n) is 5.05. The van der Waals surface area contributed by atoms with Crippen molar-refractivity contribution in [1.82, 2.24) is 9.80 Å². The summed E-state index contributed by atoms with van der Waals surface area (Å²) in [6.07, 6.45) is 0. The van der Waals surface area contributed by atoms with Gasteiger partial charge in [0.15, 0.2) is 0 Å². The number of rotatable bonds is 5. The summed E-state index contributed by atoms with van der Waals surface area (Å²) in [6, 6.07) is 18.0. The summed E-state index contributed by atoms with van der Waals surface area (Å²) in [5.41, 5.74) is 2.34. The average molecular weight is 372 g/mol. The number of piperazine rings is 1. The molecule has 0 aromatic heterocycles.